The van der Waals surface area contributed by atoms with Crippen LogP contribution in [-0.2, 0) is 16.0 Å². The molecule has 1 N–H and O–H groups in total. The van der Waals surface area contributed by atoms with E-state index in [1.807, 2.05) is 51.1 Å². The molecule has 1 aliphatic rings. The number of aryl methyl sites for hydroxylation is 1. The molecule has 4 rings (SSSR count). The topological polar surface area (TPSA) is 93.0 Å². The number of carbonyl (C=O) groups excluding carboxylic acids is 2. The Kier molecular flexibility index (Phi) is 7.43. The first-order valence-electron chi connectivity index (χ1n) is 12.6. The van der Waals surface area contributed by atoms with Gasteiger partial charge in [0.05, 0.1) is 11.3 Å². The molecule has 0 unspecified atom stereocenters. The van der Waals surface area contributed by atoms with Crippen LogP contribution in [0.4, 0.5) is 10.5 Å². The summed E-state index contributed by atoms with van der Waals surface area (Å²) >= 11 is 0. The number of pyridine rings is 1. The number of amides is 2. The lowest BCUT2D eigenvalue weighted by molar-refractivity contribution is -0.120. The zero-order valence-corrected chi connectivity index (χ0v) is 21.4. The number of nitrogens with zero attached hydrogens (tertiary/aromatic N) is 3. The highest BCUT2D eigenvalue weighted by molar-refractivity contribution is 5.97. The van der Waals surface area contributed by atoms with Crippen LogP contribution in [0.25, 0.3) is 16.8 Å². The van der Waals surface area contributed by atoms with E-state index in [-0.39, 0.29) is 11.5 Å². The van der Waals surface area contributed by atoms with Crippen molar-refractivity contribution in [3.63, 3.8) is 0 Å². The largest absolute Gasteiger partial charge is 0.444 e. The lowest BCUT2D eigenvalue weighted by atomic mass is 10.0. The van der Waals surface area contributed by atoms with Gasteiger partial charge in [-0.1, -0.05) is 31.5 Å². The van der Waals surface area contributed by atoms with E-state index in [4.69, 9.17) is 9.72 Å². The molecule has 1 fully saturated rings. The van der Waals surface area contributed by atoms with Gasteiger partial charge in [-0.15, -0.1) is 0 Å². The monoisotopic (exact) mass is 490 g/mol. The van der Waals surface area contributed by atoms with E-state index in [0.29, 0.717) is 36.3 Å². The number of rotatable bonds is 6. The number of unbranched alkanes of at least 4 members (excludes halogenated alkanes) is 1. The maximum Gasteiger partial charge on any atom is 0.410 e. The number of anilines is 1. The molecule has 8 heteroatoms. The van der Waals surface area contributed by atoms with E-state index >= 15 is 0 Å². The van der Waals surface area contributed by atoms with Crippen LogP contribution in [0.2, 0.25) is 0 Å². The number of benzene rings is 1. The smallest absolute Gasteiger partial charge is 0.410 e. The van der Waals surface area contributed by atoms with Crippen LogP contribution >= 0.6 is 0 Å². The van der Waals surface area contributed by atoms with E-state index in [0.717, 1.165) is 30.5 Å². The normalized spacial score (nSPS) is 15.8. The fourth-order valence-electron chi connectivity index (χ4n) is 4.47. The van der Waals surface area contributed by atoms with Gasteiger partial charge in [0.25, 0.3) is 5.56 Å². The van der Waals surface area contributed by atoms with Gasteiger partial charge in [-0.05, 0) is 76.3 Å². The van der Waals surface area contributed by atoms with Crippen molar-refractivity contribution in [2.75, 3.05) is 11.9 Å². The summed E-state index contributed by atoms with van der Waals surface area (Å²) in [6.45, 7) is 8.02. The molecule has 0 aliphatic carbocycles. The maximum atomic E-state index is 13.4. The van der Waals surface area contributed by atoms with Gasteiger partial charge in [-0.2, -0.15) is 0 Å². The number of carbonyl (C=O) groups is 2. The van der Waals surface area contributed by atoms with Crippen molar-refractivity contribution in [2.45, 2.75) is 71.4 Å². The first-order chi connectivity index (χ1) is 17.2. The molecule has 1 aromatic carbocycles. The molecule has 36 heavy (non-hydrogen) atoms. The molecule has 1 saturated heterocycles. The summed E-state index contributed by atoms with van der Waals surface area (Å²) < 4.78 is 7.03. The Labute approximate surface area is 211 Å². The lowest BCUT2D eigenvalue weighted by Gasteiger charge is -2.28. The molecular formula is C28H34N4O4. The van der Waals surface area contributed by atoms with Gasteiger partial charge in [0, 0.05) is 18.4 Å². The van der Waals surface area contributed by atoms with Gasteiger partial charge in [-0.3, -0.25) is 18.9 Å². The molecule has 0 radical (unpaired) electrons. The number of likely N-dealkylation sites (tertiary alicyclic amines) is 1. The van der Waals surface area contributed by atoms with E-state index in [2.05, 4.69) is 12.2 Å². The molecule has 190 valence electrons. The fraction of sp³-hybridized carbons (Fsp3) is 0.429. The fourth-order valence-corrected chi connectivity index (χ4v) is 4.47. The Hall–Kier alpha value is -3.68. The predicted octanol–water partition coefficient (Wildman–Crippen LogP) is 5.04. The number of aromatic nitrogens is 2. The molecule has 8 nitrogen and oxygen atoms in total. The SMILES string of the molecule is CCCCc1nc2ccccn2c(=O)c1-c1ccc(NC(=O)[C@@H]2CCCN2C(=O)OC(C)(C)C)cc1. The Morgan fingerprint density at radius 2 is 1.89 bits per heavy atom. The first kappa shape index (κ1) is 25.4. The quantitative estimate of drug-likeness (QED) is 0.522. The van der Waals surface area contributed by atoms with E-state index in [9.17, 15) is 14.4 Å². The Bertz CT molecular complexity index is 1310. The zero-order chi connectivity index (χ0) is 25.9. The second-order valence-corrected chi connectivity index (χ2v) is 10.2. The van der Waals surface area contributed by atoms with Gasteiger partial charge in [0.2, 0.25) is 5.91 Å². The second kappa shape index (κ2) is 10.5. The van der Waals surface area contributed by atoms with Gasteiger partial charge in [0.15, 0.2) is 0 Å². The number of nitrogens with one attached hydrogen (secondary N) is 1. The molecule has 0 saturated carbocycles. The van der Waals surface area contributed by atoms with Crippen molar-refractivity contribution in [1.29, 1.82) is 0 Å². The van der Waals surface area contributed by atoms with Crippen molar-refractivity contribution in [3.05, 3.63) is 64.7 Å². The summed E-state index contributed by atoms with van der Waals surface area (Å²) in [5.41, 5.74) is 2.62. The van der Waals surface area contributed by atoms with E-state index in [1.54, 1.807) is 22.7 Å². The number of fused-ring (bicyclic) bond motifs is 1. The minimum absolute atomic E-state index is 0.109. The van der Waals surface area contributed by atoms with Crippen LogP contribution in [0.15, 0.2) is 53.5 Å². The third kappa shape index (κ3) is 5.58. The predicted molar refractivity (Wildman–Crippen MR) is 140 cm³/mol. The zero-order valence-electron chi connectivity index (χ0n) is 21.4. The number of ether oxygens (including phenoxy) is 1. The third-order valence-corrected chi connectivity index (χ3v) is 6.20. The van der Waals surface area contributed by atoms with Crippen LogP contribution in [0.1, 0.15) is 59.1 Å². The average Bonchev–Trinajstić information content (AvgIpc) is 3.33. The Morgan fingerprint density at radius 3 is 2.58 bits per heavy atom. The number of hydrogen-bond acceptors (Lipinski definition) is 5. The van der Waals surface area contributed by atoms with Crippen LogP contribution in [0, 0.1) is 0 Å². The highest BCUT2D eigenvalue weighted by atomic mass is 16.6. The minimum atomic E-state index is -0.622. The van der Waals surface area contributed by atoms with Gasteiger partial charge >= 0.3 is 6.09 Å². The van der Waals surface area contributed by atoms with Crippen LogP contribution in [-0.4, -0.2) is 44.5 Å². The average molecular weight is 491 g/mol. The van der Waals surface area contributed by atoms with Crippen LogP contribution < -0.4 is 10.9 Å². The first-order valence-corrected chi connectivity index (χ1v) is 12.6. The van der Waals surface area contributed by atoms with Crippen molar-refractivity contribution < 1.29 is 14.3 Å². The molecule has 1 aliphatic heterocycles. The van der Waals surface area contributed by atoms with Crippen molar-refractivity contribution >= 4 is 23.3 Å². The summed E-state index contributed by atoms with van der Waals surface area (Å²) in [6, 6.07) is 12.2. The van der Waals surface area contributed by atoms with Crippen molar-refractivity contribution in [3.8, 4) is 11.1 Å². The van der Waals surface area contributed by atoms with Gasteiger partial charge < -0.3 is 10.1 Å². The highest BCUT2D eigenvalue weighted by Gasteiger charge is 2.36. The minimum Gasteiger partial charge on any atom is -0.444 e. The summed E-state index contributed by atoms with van der Waals surface area (Å²) in [7, 11) is 0. The van der Waals surface area contributed by atoms with E-state index < -0.39 is 17.7 Å². The summed E-state index contributed by atoms with van der Waals surface area (Å²) in [6.07, 6.45) is 5.24. The molecule has 2 amide bonds. The summed E-state index contributed by atoms with van der Waals surface area (Å²) in [5, 5.41) is 2.92. The standard InChI is InChI=1S/C28H34N4O4/c1-5-6-10-21-24(26(34)32-17-8-7-12-23(32)30-21)19-13-15-20(16-14-19)29-25(33)22-11-9-18-31(22)27(35)36-28(2,3)4/h7-8,12-17,22H,5-6,9-11,18H2,1-4H3,(H,29,33)/t22-/m0/s1. The molecule has 3 aromatic rings. The molecule has 1 atom stereocenters. The van der Waals surface area contributed by atoms with Gasteiger partial charge in [0.1, 0.15) is 17.3 Å². The highest BCUT2D eigenvalue weighted by Crippen LogP contribution is 2.25. The Balaban J connectivity index is 1.55. The third-order valence-electron chi connectivity index (χ3n) is 6.20. The van der Waals surface area contributed by atoms with Crippen molar-refractivity contribution in [1.82, 2.24) is 14.3 Å². The van der Waals surface area contributed by atoms with Crippen molar-refractivity contribution in [2.24, 2.45) is 0 Å². The molecule has 0 bridgehead atoms. The van der Waals surface area contributed by atoms with Gasteiger partial charge in [-0.25, -0.2) is 9.78 Å². The molecular weight excluding hydrogens is 456 g/mol. The number of hydrogen-bond donors (Lipinski definition) is 1. The van der Waals surface area contributed by atoms with E-state index in [1.165, 1.54) is 4.90 Å². The maximum absolute atomic E-state index is 13.4. The Morgan fingerprint density at radius 1 is 1.14 bits per heavy atom. The van der Waals surface area contributed by atoms with Crippen LogP contribution in [0.5, 0.6) is 0 Å². The second-order valence-electron chi connectivity index (χ2n) is 10.2. The molecule has 2 aromatic heterocycles. The van der Waals surface area contributed by atoms with Crippen LogP contribution in [0.3, 0.4) is 0 Å². The molecule has 3 heterocycles. The summed E-state index contributed by atoms with van der Waals surface area (Å²) in [5.74, 6) is -0.248. The summed E-state index contributed by atoms with van der Waals surface area (Å²) in [4.78, 5) is 45.2. The molecule has 0 spiro atoms. The lowest BCUT2D eigenvalue weighted by Crippen LogP contribution is -2.45.